The summed E-state index contributed by atoms with van der Waals surface area (Å²) in [6, 6.07) is 0.940. The number of nitrogens with one attached hydrogen (secondary N) is 1. The Labute approximate surface area is 101 Å². The molecular formula is C12H21N3S. The van der Waals surface area contributed by atoms with Crippen LogP contribution in [-0.2, 0) is 0 Å². The van der Waals surface area contributed by atoms with Crippen LogP contribution < -0.4 is 11.1 Å². The van der Waals surface area contributed by atoms with E-state index in [9.17, 15) is 0 Å². The summed E-state index contributed by atoms with van der Waals surface area (Å²) in [7, 11) is 0. The molecule has 3 unspecified atom stereocenters. The van der Waals surface area contributed by atoms with Crippen molar-refractivity contribution in [3.8, 4) is 0 Å². The lowest BCUT2D eigenvalue weighted by atomic mass is 9.84. The normalized spacial score (nSPS) is 27.9. The van der Waals surface area contributed by atoms with Crippen molar-refractivity contribution in [1.82, 2.24) is 10.3 Å². The summed E-state index contributed by atoms with van der Waals surface area (Å²) in [5.41, 5.74) is 5.84. The summed E-state index contributed by atoms with van der Waals surface area (Å²) in [5.74, 6) is 0.649. The Bertz CT molecular complexity index is 299. The summed E-state index contributed by atoms with van der Waals surface area (Å²) < 4.78 is 0. The average Bonchev–Trinajstić information content (AvgIpc) is 2.83. The van der Waals surface area contributed by atoms with Crippen LogP contribution in [0.3, 0.4) is 0 Å². The van der Waals surface area contributed by atoms with Gasteiger partial charge in [-0.3, -0.25) is 0 Å². The Morgan fingerprint density at radius 3 is 3.06 bits per heavy atom. The van der Waals surface area contributed by atoms with Gasteiger partial charge in [0.25, 0.3) is 0 Å². The summed E-state index contributed by atoms with van der Waals surface area (Å²) in [6.45, 7) is 3.00. The molecule has 3 nitrogen and oxygen atoms in total. The lowest BCUT2D eigenvalue weighted by Gasteiger charge is -2.33. The zero-order valence-electron chi connectivity index (χ0n) is 9.86. The van der Waals surface area contributed by atoms with Crippen LogP contribution in [0.1, 0.15) is 43.7 Å². The van der Waals surface area contributed by atoms with Gasteiger partial charge in [0.2, 0.25) is 0 Å². The molecule has 2 rings (SSSR count). The second kappa shape index (κ2) is 5.75. The first kappa shape index (κ1) is 12.0. The zero-order chi connectivity index (χ0) is 11.4. The van der Waals surface area contributed by atoms with Crippen LogP contribution in [0.25, 0.3) is 0 Å². The first-order valence-corrected chi connectivity index (χ1v) is 7.04. The highest BCUT2D eigenvalue weighted by Crippen LogP contribution is 2.26. The Balaban J connectivity index is 1.92. The van der Waals surface area contributed by atoms with E-state index in [0.29, 0.717) is 18.0 Å². The molecule has 1 saturated carbocycles. The number of thiazole rings is 1. The molecule has 0 aromatic carbocycles. The zero-order valence-corrected chi connectivity index (χ0v) is 10.7. The van der Waals surface area contributed by atoms with Crippen LogP contribution in [-0.4, -0.2) is 17.6 Å². The Kier molecular flexibility index (Phi) is 4.32. The number of nitrogens with two attached hydrogens (primary N) is 1. The highest BCUT2D eigenvalue weighted by molar-refractivity contribution is 7.09. The molecule has 16 heavy (non-hydrogen) atoms. The van der Waals surface area contributed by atoms with Gasteiger partial charge in [-0.25, -0.2) is 4.98 Å². The molecule has 0 spiro atoms. The molecule has 0 amide bonds. The van der Waals surface area contributed by atoms with Crippen molar-refractivity contribution >= 4 is 11.3 Å². The van der Waals surface area contributed by atoms with Crippen molar-refractivity contribution in [3.05, 3.63) is 16.6 Å². The maximum absolute atomic E-state index is 5.84. The van der Waals surface area contributed by atoms with E-state index >= 15 is 0 Å². The number of rotatable bonds is 4. The Hall–Kier alpha value is -0.450. The molecule has 1 aromatic heterocycles. The molecule has 0 saturated heterocycles. The molecular weight excluding hydrogens is 218 g/mol. The standard InChI is InChI=1S/C12H21N3S/c1-9(12-14-6-7-16-12)15-11-5-3-2-4-10(11)8-13/h6-7,9-11,15H,2-5,8,13H2,1H3. The minimum Gasteiger partial charge on any atom is -0.330 e. The van der Waals surface area contributed by atoms with Crippen LogP contribution in [0.2, 0.25) is 0 Å². The monoisotopic (exact) mass is 239 g/mol. The third-order valence-corrected chi connectivity index (χ3v) is 4.46. The third kappa shape index (κ3) is 2.81. The van der Waals surface area contributed by atoms with E-state index in [0.717, 1.165) is 6.54 Å². The van der Waals surface area contributed by atoms with E-state index in [4.69, 9.17) is 5.73 Å². The van der Waals surface area contributed by atoms with E-state index in [1.54, 1.807) is 11.3 Å². The Morgan fingerprint density at radius 2 is 2.38 bits per heavy atom. The largest absolute Gasteiger partial charge is 0.330 e. The van der Waals surface area contributed by atoms with Crippen molar-refractivity contribution in [2.75, 3.05) is 6.54 Å². The van der Waals surface area contributed by atoms with Gasteiger partial charge in [0, 0.05) is 17.6 Å². The van der Waals surface area contributed by atoms with Crippen LogP contribution in [0.15, 0.2) is 11.6 Å². The molecule has 1 fully saturated rings. The van der Waals surface area contributed by atoms with E-state index < -0.39 is 0 Å². The molecule has 3 atom stereocenters. The molecule has 1 aromatic rings. The van der Waals surface area contributed by atoms with Crippen LogP contribution in [0, 0.1) is 5.92 Å². The SMILES string of the molecule is CC(NC1CCCCC1CN)c1nccs1. The molecule has 1 aliphatic carbocycles. The van der Waals surface area contributed by atoms with Crippen molar-refractivity contribution in [2.24, 2.45) is 11.7 Å². The summed E-state index contributed by atoms with van der Waals surface area (Å²) in [4.78, 5) is 4.36. The fourth-order valence-electron chi connectivity index (χ4n) is 2.55. The van der Waals surface area contributed by atoms with Crippen molar-refractivity contribution in [3.63, 3.8) is 0 Å². The highest BCUT2D eigenvalue weighted by Gasteiger charge is 2.25. The molecule has 0 radical (unpaired) electrons. The van der Waals surface area contributed by atoms with Crippen molar-refractivity contribution in [2.45, 2.75) is 44.7 Å². The first-order chi connectivity index (χ1) is 7.81. The second-order valence-corrected chi connectivity index (χ2v) is 5.57. The smallest absolute Gasteiger partial charge is 0.109 e. The lowest BCUT2D eigenvalue weighted by Crippen LogP contribution is -2.42. The minimum absolute atomic E-state index is 0.358. The van der Waals surface area contributed by atoms with E-state index in [1.165, 1.54) is 30.7 Å². The average molecular weight is 239 g/mol. The van der Waals surface area contributed by atoms with Gasteiger partial charge in [0.05, 0.1) is 6.04 Å². The predicted molar refractivity (Wildman–Crippen MR) is 68.5 cm³/mol. The maximum Gasteiger partial charge on any atom is 0.109 e. The van der Waals surface area contributed by atoms with Gasteiger partial charge in [-0.1, -0.05) is 12.8 Å². The van der Waals surface area contributed by atoms with Gasteiger partial charge in [-0.05, 0) is 32.2 Å². The molecule has 0 bridgehead atoms. The van der Waals surface area contributed by atoms with Crippen molar-refractivity contribution in [1.29, 1.82) is 0 Å². The fraction of sp³-hybridized carbons (Fsp3) is 0.750. The Morgan fingerprint density at radius 1 is 1.56 bits per heavy atom. The molecule has 1 heterocycles. The lowest BCUT2D eigenvalue weighted by molar-refractivity contribution is 0.252. The van der Waals surface area contributed by atoms with Crippen LogP contribution in [0.5, 0.6) is 0 Å². The molecule has 4 heteroatoms. The molecule has 3 N–H and O–H groups in total. The van der Waals surface area contributed by atoms with Gasteiger partial charge in [0.1, 0.15) is 5.01 Å². The van der Waals surface area contributed by atoms with Crippen LogP contribution in [0.4, 0.5) is 0 Å². The van der Waals surface area contributed by atoms with Gasteiger partial charge >= 0.3 is 0 Å². The van der Waals surface area contributed by atoms with Gasteiger partial charge < -0.3 is 11.1 Å². The maximum atomic E-state index is 5.84. The number of aromatic nitrogens is 1. The van der Waals surface area contributed by atoms with Gasteiger partial charge in [-0.15, -0.1) is 11.3 Å². The topological polar surface area (TPSA) is 50.9 Å². The summed E-state index contributed by atoms with van der Waals surface area (Å²) in [5, 5.41) is 6.91. The van der Waals surface area contributed by atoms with E-state index in [1.807, 2.05) is 11.6 Å². The fourth-order valence-corrected chi connectivity index (χ4v) is 3.20. The van der Waals surface area contributed by atoms with E-state index in [-0.39, 0.29) is 0 Å². The van der Waals surface area contributed by atoms with Crippen LogP contribution >= 0.6 is 11.3 Å². The predicted octanol–water partition coefficient (Wildman–Crippen LogP) is 2.31. The summed E-state index contributed by atoms with van der Waals surface area (Å²) >= 11 is 1.72. The second-order valence-electron chi connectivity index (χ2n) is 4.65. The molecule has 90 valence electrons. The number of nitrogens with zero attached hydrogens (tertiary/aromatic N) is 1. The molecule has 0 aliphatic heterocycles. The number of hydrogen-bond acceptors (Lipinski definition) is 4. The van der Waals surface area contributed by atoms with Crippen molar-refractivity contribution < 1.29 is 0 Å². The minimum atomic E-state index is 0.358. The first-order valence-electron chi connectivity index (χ1n) is 6.16. The van der Waals surface area contributed by atoms with Gasteiger partial charge in [-0.2, -0.15) is 0 Å². The summed E-state index contributed by atoms with van der Waals surface area (Å²) in [6.07, 6.45) is 7.08. The number of hydrogen-bond donors (Lipinski definition) is 2. The highest BCUT2D eigenvalue weighted by atomic mass is 32.1. The molecule has 1 aliphatic rings. The van der Waals surface area contributed by atoms with E-state index in [2.05, 4.69) is 17.2 Å². The quantitative estimate of drug-likeness (QED) is 0.847. The third-order valence-electron chi connectivity index (χ3n) is 3.50. The van der Waals surface area contributed by atoms with Gasteiger partial charge in [0.15, 0.2) is 0 Å².